The third-order valence-corrected chi connectivity index (χ3v) is 3.52. The molecule has 4 N–H and O–H groups in total. The fourth-order valence-electron chi connectivity index (χ4n) is 1.36. The Morgan fingerprint density at radius 3 is 2.74 bits per heavy atom. The first-order valence-corrected chi connectivity index (χ1v) is 6.55. The summed E-state index contributed by atoms with van der Waals surface area (Å²) in [6.07, 6.45) is 5.54. The number of hydrogen-bond donors (Lipinski definition) is 3. The molecular formula is C11H14N6OS. The molecule has 0 atom stereocenters. The van der Waals surface area contributed by atoms with Gasteiger partial charge in [0.15, 0.2) is 5.82 Å². The molecule has 0 spiro atoms. The minimum Gasteiger partial charge on any atom is -0.344 e. The molecule has 0 aliphatic heterocycles. The highest BCUT2D eigenvalue weighted by Gasteiger charge is 2.08. The summed E-state index contributed by atoms with van der Waals surface area (Å²) in [4.78, 5) is 25.1. The zero-order chi connectivity index (χ0) is 13.7. The highest BCUT2D eigenvalue weighted by Crippen LogP contribution is 2.12. The maximum atomic E-state index is 11.8. The highest BCUT2D eigenvalue weighted by atomic mass is 32.1. The summed E-state index contributed by atoms with van der Waals surface area (Å²) in [6.45, 7) is 2.46. The van der Waals surface area contributed by atoms with Gasteiger partial charge in [-0.25, -0.2) is 20.8 Å². The first kappa shape index (κ1) is 13.4. The molecule has 7 nitrogen and oxygen atoms in total. The van der Waals surface area contributed by atoms with Crippen molar-refractivity contribution in [1.82, 2.24) is 20.3 Å². The number of carbonyl (C=O) groups excluding carboxylic acids is 1. The quantitative estimate of drug-likeness (QED) is 0.549. The van der Waals surface area contributed by atoms with Crippen molar-refractivity contribution in [2.24, 2.45) is 5.84 Å². The number of hydrogen-bond acceptors (Lipinski definition) is 7. The lowest BCUT2D eigenvalue weighted by Gasteiger charge is -2.03. The molecule has 0 saturated heterocycles. The zero-order valence-corrected chi connectivity index (χ0v) is 11.2. The molecule has 0 aliphatic rings. The normalized spacial score (nSPS) is 10.2. The van der Waals surface area contributed by atoms with E-state index in [1.807, 2.05) is 6.20 Å². The third kappa shape index (κ3) is 3.46. The van der Waals surface area contributed by atoms with Crippen molar-refractivity contribution in [3.05, 3.63) is 34.2 Å². The van der Waals surface area contributed by atoms with Gasteiger partial charge < -0.3 is 10.7 Å². The van der Waals surface area contributed by atoms with Crippen molar-refractivity contribution in [2.45, 2.75) is 19.9 Å². The molecule has 2 aromatic rings. The molecule has 0 saturated carbocycles. The Balaban J connectivity index is 1.93. The van der Waals surface area contributed by atoms with Crippen LogP contribution < -0.4 is 16.6 Å². The van der Waals surface area contributed by atoms with Crippen molar-refractivity contribution >= 4 is 23.1 Å². The number of nitrogens with zero attached hydrogens (tertiary/aromatic N) is 3. The molecule has 2 heterocycles. The van der Waals surface area contributed by atoms with Crippen molar-refractivity contribution in [3.8, 4) is 0 Å². The van der Waals surface area contributed by atoms with Crippen LogP contribution in [0.5, 0.6) is 0 Å². The Morgan fingerprint density at radius 2 is 2.16 bits per heavy atom. The molecule has 100 valence electrons. The Hall–Kier alpha value is -2.06. The second-order valence-corrected chi connectivity index (χ2v) is 4.89. The molecule has 19 heavy (non-hydrogen) atoms. The fraction of sp³-hybridized carbons (Fsp3) is 0.273. The SMILES string of the molecule is CCc1cnc(CNC(=O)c2cnc(NN)cn2)s1. The predicted octanol–water partition coefficient (Wildman–Crippen LogP) is 0.711. The monoisotopic (exact) mass is 278 g/mol. The molecule has 0 fully saturated rings. The number of rotatable bonds is 5. The topological polar surface area (TPSA) is 106 Å². The van der Waals surface area contributed by atoms with Crippen LogP contribution in [-0.2, 0) is 13.0 Å². The van der Waals surface area contributed by atoms with Gasteiger partial charge in [-0.2, -0.15) is 0 Å². The molecular weight excluding hydrogens is 264 g/mol. The van der Waals surface area contributed by atoms with Gasteiger partial charge in [0, 0.05) is 11.1 Å². The molecule has 1 amide bonds. The van der Waals surface area contributed by atoms with Gasteiger partial charge in [0.05, 0.1) is 18.9 Å². The van der Waals surface area contributed by atoms with Gasteiger partial charge in [-0.15, -0.1) is 11.3 Å². The van der Waals surface area contributed by atoms with Crippen LogP contribution in [0.4, 0.5) is 5.82 Å². The van der Waals surface area contributed by atoms with E-state index in [-0.39, 0.29) is 11.6 Å². The van der Waals surface area contributed by atoms with Gasteiger partial charge in [0.1, 0.15) is 10.7 Å². The van der Waals surface area contributed by atoms with Gasteiger partial charge >= 0.3 is 0 Å². The molecule has 0 bridgehead atoms. The Labute approximate surface area is 114 Å². The molecule has 0 aliphatic carbocycles. The number of nitrogen functional groups attached to an aromatic ring is 1. The van der Waals surface area contributed by atoms with Crippen molar-refractivity contribution in [3.63, 3.8) is 0 Å². The summed E-state index contributed by atoms with van der Waals surface area (Å²) in [5.74, 6) is 5.29. The second kappa shape index (κ2) is 6.21. The first-order valence-electron chi connectivity index (χ1n) is 5.73. The van der Waals surface area contributed by atoms with Crippen LogP contribution in [0.1, 0.15) is 27.3 Å². The van der Waals surface area contributed by atoms with Crippen molar-refractivity contribution in [2.75, 3.05) is 5.43 Å². The van der Waals surface area contributed by atoms with Crippen LogP contribution in [0.2, 0.25) is 0 Å². The van der Waals surface area contributed by atoms with E-state index in [2.05, 4.69) is 32.6 Å². The molecule has 0 unspecified atom stereocenters. The van der Waals surface area contributed by atoms with E-state index in [0.29, 0.717) is 12.4 Å². The van der Waals surface area contributed by atoms with E-state index >= 15 is 0 Å². The molecule has 2 aromatic heterocycles. The zero-order valence-electron chi connectivity index (χ0n) is 10.4. The second-order valence-electron chi connectivity index (χ2n) is 3.69. The van der Waals surface area contributed by atoms with E-state index in [1.165, 1.54) is 17.3 Å². The van der Waals surface area contributed by atoms with Gasteiger partial charge in [-0.05, 0) is 6.42 Å². The largest absolute Gasteiger partial charge is 0.344 e. The van der Waals surface area contributed by atoms with Gasteiger partial charge in [0.2, 0.25) is 0 Å². The van der Waals surface area contributed by atoms with Gasteiger partial charge in [-0.1, -0.05) is 6.92 Å². The van der Waals surface area contributed by atoms with E-state index in [4.69, 9.17) is 5.84 Å². The summed E-state index contributed by atoms with van der Waals surface area (Å²) in [7, 11) is 0. The van der Waals surface area contributed by atoms with Crippen molar-refractivity contribution in [1.29, 1.82) is 0 Å². The van der Waals surface area contributed by atoms with E-state index < -0.39 is 0 Å². The number of nitrogens with one attached hydrogen (secondary N) is 2. The number of aromatic nitrogens is 3. The first-order chi connectivity index (χ1) is 9.22. The standard InChI is InChI=1S/C11H14N6OS/c1-2-7-3-15-10(19-7)6-16-11(18)8-4-14-9(17-12)5-13-8/h3-5H,2,6,12H2,1H3,(H,14,17)(H,16,18). The summed E-state index contributed by atoms with van der Waals surface area (Å²) in [5.41, 5.74) is 2.59. The lowest BCUT2D eigenvalue weighted by molar-refractivity contribution is 0.0945. The minimum absolute atomic E-state index is 0.242. The summed E-state index contributed by atoms with van der Waals surface area (Å²) in [5, 5.41) is 3.62. The minimum atomic E-state index is -0.288. The number of anilines is 1. The number of nitrogens with two attached hydrogens (primary N) is 1. The Kier molecular flexibility index (Phi) is 4.37. The van der Waals surface area contributed by atoms with Crippen LogP contribution in [0.15, 0.2) is 18.6 Å². The highest BCUT2D eigenvalue weighted by molar-refractivity contribution is 7.11. The maximum absolute atomic E-state index is 11.8. The summed E-state index contributed by atoms with van der Waals surface area (Å²) in [6, 6.07) is 0. The molecule has 2 rings (SSSR count). The van der Waals surface area contributed by atoms with Crippen LogP contribution in [0.3, 0.4) is 0 Å². The van der Waals surface area contributed by atoms with E-state index in [1.54, 1.807) is 11.3 Å². The molecule has 0 aromatic carbocycles. The number of thiazole rings is 1. The van der Waals surface area contributed by atoms with Crippen LogP contribution in [0.25, 0.3) is 0 Å². The predicted molar refractivity (Wildman–Crippen MR) is 72.5 cm³/mol. The summed E-state index contributed by atoms with van der Waals surface area (Å²) >= 11 is 1.59. The van der Waals surface area contributed by atoms with Crippen molar-refractivity contribution < 1.29 is 4.79 Å². The third-order valence-electron chi connectivity index (χ3n) is 2.38. The summed E-state index contributed by atoms with van der Waals surface area (Å²) < 4.78 is 0. The van der Waals surface area contributed by atoms with Crippen LogP contribution in [0, 0.1) is 0 Å². The Bertz CT molecular complexity index is 553. The molecule has 0 radical (unpaired) electrons. The maximum Gasteiger partial charge on any atom is 0.271 e. The fourth-order valence-corrected chi connectivity index (χ4v) is 2.16. The van der Waals surface area contributed by atoms with Crippen LogP contribution >= 0.6 is 11.3 Å². The lowest BCUT2D eigenvalue weighted by atomic mass is 10.4. The lowest BCUT2D eigenvalue weighted by Crippen LogP contribution is -2.24. The Morgan fingerprint density at radius 1 is 1.32 bits per heavy atom. The van der Waals surface area contributed by atoms with E-state index in [9.17, 15) is 4.79 Å². The average molecular weight is 278 g/mol. The molecule has 8 heteroatoms. The number of carbonyl (C=O) groups is 1. The number of amides is 1. The number of aryl methyl sites for hydroxylation is 1. The van der Waals surface area contributed by atoms with Crippen LogP contribution in [-0.4, -0.2) is 20.9 Å². The van der Waals surface area contributed by atoms with Gasteiger partial charge in [0.25, 0.3) is 5.91 Å². The van der Waals surface area contributed by atoms with Gasteiger partial charge in [-0.3, -0.25) is 4.79 Å². The van der Waals surface area contributed by atoms with E-state index in [0.717, 1.165) is 11.4 Å². The smallest absolute Gasteiger partial charge is 0.271 e. The number of hydrazine groups is 1. The average Bonchev–Trinajstić information content (AvgIpc) is 2.93.